The molecule has 0 radical (unpaired) electrons. The van der Waals surface area contributed by atoms with Crippen molar-refractivity contribution in [2.75, 3.05) is 11.9 Å². The molecule has 7 heteroatoms. The van der Waals surface area contributed by atoms with Crippen molar-refractivity contribution < 1.29 is 14.3 Å². The summed E-state index contributed by atoms with van der Waals surface area (Å²) >= 11 is 3.47. The Morgan fingerprint density at radius 2 is 1.58 bits per heavy atom. The smallest absolute Gasteiger partial charge is 0.259 e. The van der Waals surface area contributed by atoms with Gasteiger partial charge in [0.1, 0.15) is 17.0 Å². The first kappa shape index (κ1) is 27.6. The lowest BCUT2D eigenvalue weighted by atomic mass is 10.1. The van der Waals surface area contributed by atoms with Gasteiger partial charge in [0.15, 0.2) is 0 Å². The summed E-state index contributed by atoms with van der Waals surface area (Å²) in [6, 6.07) is 24.9. The topological polar surface area (TPSA) is 65.4 Å². The van der Waals surface area contributed by atoms with Gasteiger partial charge in [0.05, 0.1) is 23.5 Å². The summed E-state index contributed by atoms with van der Waals surface area (Å²) in [5.41, 5.74) is 2.79. The first-order valence-electron chi connectivity index (χ1n) is 12.7. The lowest BCUT2D eigenvalue weighted by molar-refractivity contribution is -0.0824. The highest BCUT2D eigenvalue weighted by atomic mass is 79.9. The van der Waals surface area contributed by atoms with Crippen molar-refractivity contribution in [1.29, 1.82) is 0 Å². The Hall–Kier alpha value is -3.42. The van der Waals surface area contributed by atoms with Gasteiger partial charge in [-0.05, 0) is 82.6 Å². The zero-order valence-corrected chi connectivity index (χ0v) is 24.1. The standard InChI is InChI=1S/C31H34BrN3O3/c1-6-30(2,3)37-21-31(4,5)38-26-18-16-24(17-19-26)33-29(36)27-20-35(25-10-8-7-9-11-25)34-28(27)22-12-14-23(32)15-13-22/h7-20H,6,21H2,1-5H3,(H,33,36). The van der Waals surface area contributed by atoms with Crippen molar-refractivity contribution in [2.24, 2.45) is 0 Å². The third-order valence-electron chi connectivity index (χ3n) is 6.27. The summed E-state index contributed by atoms with van der Waals surface area (Å²) in [5, 5.41) is 7.75. The number of rotatable bonds is 10. The lowest BCUT2D eigenvalue weighted by Crippen LogP contribution is -2.38. The largest absolute Gasteiger partial charge is 0.485 e. The van der Waals surface area contributed by atoms with Crippen LogP contribution in [-0.4, -0.2) is 33.5 Å². The molecule has 198 valence electrons. The summed E-state index contributed by atoms with van der Waals surface area (Å²) in [6.07, 6.45) is 2.69. The van der Waals surface area contributed by atoms with Crippen LogP contribution in [0.5, 0.6) is 5.75 Å². The molecule has 4 aromatic rings. The summed E-state index contributed by atoms with van der Waals surface area (Å²) in [7, 11) is 0. The summed E-state index contributed by atoms with van der Waals surface area (Å²) in [5.74, 6) is 0.465. The van der Waals surface area contributed by atoms with Gasteiger partial charge in [0.25, 0.3) is 5.91 Å². The molecule has 1 N–H and O–H groups in total. The molecule has 38 heavy (non-hydrogen) atoms. The minimum atomic E-state index is -0.497. The van der Waals surface area contributed by atoms with Crippen molar-refractivity contribution in [3.8, 4) is 22.7 Å². The van der Waals surface area contributed by atoms with E-state index in [4.69, 9.17) is 14.6 Å². The monoisotopic (exact) mass is 575 g/mol. The minimum Gasteiger partial charge on any atom is -0.485 e. The number of carbonyl (C=O) groups excluding carboxylic acids is 1. The highest BCUT2D eigenvalue weighted by molar-refractivity contribution is 9.10. The normalized spacial score (nSPS) is 11.8. The summed E-state index contributed by atoms with van der Waals surface area (Å²) in [4.78, 5) is 13.4. The number of ether oxygens (including phenoxy) is 2. The zero-order valence-electron chi connectivity index (χ0n) is 22.5. The van der Waals surface area contributed by atoms with Crippen LogP contribution in [0.3, 0.4) is 0 Å². The number of para-hydroxylation sites is 1. The van der Waals surface area contributed by atoms with E-state index in [1.807, 2.05) is 92.7 Å². The molecule has 0 bridgehead atoms. The Kier molecular flexibility index (Phi) is 8.38. The Balaban J connectivity index is 1.51. The number of anilines is 1. The van der Waals surface area contributed by atoms with Crippen LogP contribution in [0.15, 0.2) is 89.5 Å². The predicted molar refractivity (Wildman–Crippen MR) is 156 cm³/mol. The van der Waals surface area contributed by atoms with E-state index in [-0.39, 0.29) is 11.5 Å². The van der Waals surface area contributed by atoms with Crippen LogP contribution in [0.25, 0.3) is 16.9 Å². The van der Waals surface area contributed by atoms with Gasteiger partial charge in [0.2, 0.25) is 0 Å². The summed E-state index contributed by atoms with van der Waals surface area (Å²) in [6.45, 7) is 10.7. The van der Waals surface area contributed by atoms with Crippen LogP contribution in [0.2, 0.25) is 0 Å². The van der Waals surface area contributed by atoms with Gasteiger partial charge >= 0.3 is 0 Å². The molecule has 6 nitrogen and oxygen atoms in total. The van der Waals surface area contributed by atoms with Crippen LogP contribution < -0.4 is 10.1 Å². The van der Waals surface area contributed by atoms with E-state index < -0.39 is 5.60 Å². The van der Waals surface area contributed by atoms with Crippen molar-refractivity contribution >= 4 is 27.5 Å². The van der Waals surface area contributed by atoms with Crippen LogP contribution in [0.1, 0.15) is 51.4 Å². The molecule has 0 fully saturated rings. The average molecular weight is 577 g/mol. The van der Waals surface area contributed by atoms with Crippen molar-refractivity contribution in [2.45, 2.75) is 52.2 Å². The third kappa shape index (κ3) is 7.11. The number of carbonyl (C=O) groups is 1. The molecule has 0 saturated carbocycles. The fourth-order valence-electron chi connectivity index (χ4n) is 3.70. The fourth-order valence-corrected chi connectivity index (χ4v) is 3.96. The van der Waals surface area contributed by atoms with Gasteiger partial charge < -0.3 is 14.8 Å². The predicted octanol–water partition coefficient (Wildman–Crippen LogP) is 7.92. The lowest BCUT2D eigenvalue weighted by Gasteiger charge is -2.32. The molecule has 1 aromatic heterocycles. The highest BCUT2D eigenvalue weighted by Crippen LogP contribution is 2.27. The van der Waals surface area contributed by atoms with Crippen LogP contribution in [0, 0.1) is 0 Å². The number of amides is 1. The molecule has 0 aliphatic carbocycles. The number of halogens is 1. The van der Waals surface area contributed by atoms with Gasteiger partial charge in [-0.3, -0.25) is 4.79 Å². The molecule has 1 heterocycles. The van der Waals surface area contributed by atoms with Gasteiger partial charge in [-0.15, -0.1) is 0 Å². The summed E-state index contributed by atoms with van der Waals surface area (Å²) < 4.78 is 14.9. The number of benzene rings is 3. The Morgan fingerprint density at radius 1 is 0.921 bits per heavy atom. The first-order chi connectivity index (χ1) is 18.0. The molecule has 0 atom stereocenters. The molecule has 0 spiro atoms. The second-order valence-corrected chi connectivity index (χ2v) is 11.3. The molecule has 0 aliphatic rings. The Labute approximate surface area is 233 Å². The van der Waals surface area contributed by atoms with Crippen molar-refractivity contribution in [3.05, 3.63) is 95.1 Å². The SMILES string of the molecule is CCC(C)(C)OCC(C)(C)Oc1ccc(NC(=O)c2cn(-c3ccccc3)nc2-c2ccc(Br)cc2)cc1. The molecule has 1 amide bonds. The van der Waals surface area contributed by atoms with Gasteiger partial charge in [0, 0.05) is 21.9 Å². The minimum absolute atomic E-state index is 0.196. The third-order valence-corrected chi connectivity index (χ3v) is 6.79. The van der Waals surface area contributed by atoms with E-state index in [1.54, 1.807) is 10.9 Å². The van der Waals surface area contributed by atoms with E-state index in [1.165, 1.54) is 0 Å². The van der Waals surface area contributed by atoms with Crippen LogP contribution in [0.4, 0.5) is 5.69 Å². The van der Waals surface area contributed by atoms with E-state index >= 15 is 0 Å². The highest BCUT2D eigenvalue weighted by Gasteiger charge is 2.25. The number of hydrogen-bond acceptors (Lipinski definition) is 4. The van der Waals surface area contributed by atoms with Gasteiger partial charge in [-0.25, -0.2) is 4.68 Å². The zero-order chi connectivity index (χ0) is 27.3. The average Bonchev–Trinajstić information content (AvgIpc) is 3.35. The van der Waals surface area contributed by atoms with E-state index in [0.717, 1.165) is 22.1 Å². The Morgan fingerprint density at radius 3 is 2.21 bits per heavy atom. The van der Waals surface area contributed by atoms with Crippen molar-refractivity contribution in [3.63, 3.8) is 0 Å². The van der Waals surface area contributed by atoms with Crippen LogP contribution >= 0.6 is 15.9 Å². The molecular weight excluding hydrogens is 542 g/mol. The van der Waals surface area contributed by atoms with Gasteiger partial charge in [-0.2, -0.15) is 5.10 Å². The maximum atomic E-state index is 13.4. The molecular formula is C31H34BrN3O3. The molecule has 0 aliphatic heterocycles. The maximum Gasteiger partial charge on any atom is 0.259 e. The van der Waals surface area contributed by atoms with E-state index in [2.05, 4.69) is 42.0 Å². The molecule has 0 saturated heterocycles. The van der Waals surface area contributed by atoms with Gasteiger partial charge in [-0.1, -0.05) is 53.2 Å². The van der Waals surface area contributed by atoms with Crippen molar-refractivity contribution in [1.82, 2.24) is 9.78 Å². The fraction of sp³-hybridized carbons (Fsp3) is 0.290. The van der Waals surface area contributed by atoms with E-state index in [0.29, 0.717) is 29.3 Å². The molecule has 4 rings (SSSR count). The number of nitrogens with zero attached hydrogens (tertiary/aromatic N) is 2. The molecule has 3 aromatic carbocycles. The number of nitrogens with one attached hydrogen (secondary N) is 1. The second-order valence-electron chi connectivity index (χ2n) is 10.4. The second kappa shape index (κ2) is 11.5. The van der Waals surface area contributed by atoms with E-state index in [9.17, 15) is 4.79 Å². The molecule has 0 unspecified atom stereocenters. The maximum absolute atomic E-state index is 13.4. The quantitative estimate of drug-likeness (QED) is 0.208. The number of hydrogen-bond donors (Lipinski definition) is 1. The number of aromatic nitrogens is 2. The van der Waals surface area contributed by atoms with Crippen LogP contribution in [-0.2, 0) is 4.74 Å². The Bertz CT molecular complexity index is 1360. The first-order valence-corrected chi connectivity index (χ1v) is 13.5.